The number of fused-ring (bicyclic) bond motifs is 1. The summed E-state index contributed by atoms with van der Waals surface area (Å²) in [5.74, 6) is 0. The summed E-state index contributed by atoms with van der Waals surface area (Å²) in [7, 11) is 0. The van der Waals surface area contributed by atoms with E-state index in [2.05, 4.69) is 18.2 Å². The van der Waals surface area contributed by atoms with Crippen LogP contribution in [0.2, 0.25) is 0 Å². The van der Waals surface area contributed by atoms with Crippen molar-refractivity contribution in [1.29, 1.82) is 0 Å². The van der Waals surface area contributed by atoms with Crippen LogP contribution in [-0.4, -0.2) is 11.2 Å². The van der Waals surface area contributed by atoms with Crippen LogP contribution in [0.25, 0.3) is 0 Å². The average Bonchev–Trinajstić information content (AvgIpc) is 2.27. The number of hydrogen-bond acceptors (Lipinski definition) is 2. The Bertz CT molecular complexity index is 346. The number of rotatable bonds is 2. The second-order valence-electron chi connectivity index (χ2n) is 4.50. The molecule has 2 atom stereocenters. The molecule has 0 radical (unpaired) electrons. The molecule has 0 saturated heterocycles. The molecule has 0 fully saturated rings. The molecule has 1 aliphatic carbocycles. The molecule has 0 amide bonds. The summed E-state index contributed by atoms with van der Waals surface area (Å²) in [6.45, 7) is 1.74. The van der Waals surface area contributed by atoms with E-state index < -0.39 is 6.10 Å². The zero-order chi connectivity index (χ0) is 10.8. The first kappa shape index (κ1) is 10.7. The van der Waals surface area contributed by atoms with Crippen molar-refractivity contribution < 1.29 is 5.11 Å². The molecule has 1 aliphatic rings. The van der Waals surface area contributed by atoms with Crippen LogP contribution in [0.4, 0.5) is 0 Å². The molecular weight excluding hydrogens is 186 g/mol. The van der Waals surface area contributed by atoms with Crippen molar-refractivity contribution in [1.82, 2.24) is 0 Å². The highest BCUT2D eigenvalue weighted by Gasteiger charge is 2.15. The van der Waals surface area contributed by atoms with Crippen LogP contribution in [0.15, 0.2) is 18.2 Å². The highest BCUT2D eigenvalue weighted by Crippen LogP contribution is 2.25. The van der Waals surface area contributed by atoms with Crippen LogP contribution in [0.3, 0.4) is 0 Å². The number of aryl methyl sites for hydroxylation is 2. The lowest BCUT2D eigenvalue weighted by Crippen LogP contribution is -2.23. The molecule has 0 aromatic heterocycles. The van der Waals surface area contributed by atoms with E-state index in [9.17, 15) is 5.11 Å². The lowest BCUT2D eigenvalue weighted by Gasteiger charge is -2.20. The molecular formula is C13H19NO. The molecule has 1 aromatic carbocycles. The maximum absolute atomic E-state index is 9.45. The smallest absolute Gasteiger partial charge is 0.0704 e. The molecule has 2 unspecified atom stereocenters. The van der Waals surface area contributed by atoms with Crippen LogP contribution in [0.1, 0.15) is 42.5 Å². The third-order valence-corrected chi connectivity index (χ3v) is 3.28. The highest BCUT2D eigenvalue weighted by atomic mass is 16.3. The number of aliphatic hydroxyl groups is 1. The summed E-state index contributed by atoms with van der Waals surface area (Å²) in [5, 5.41) is 9.45. The Balaban J connectivity index is 2.27. The van der Waals surface area contributed by atoms with Crippen molar-refractivity contribution >= 4 is 0 Å². The third kappa shape index (κ3) is 2.21. The predicted octanol–water partition coefficient (Wildman–Crippen LogP) is 1.95. The van der Waals surface area contributed by atoms with Gasteiger partial charge in [-0.15, -0.1) is 0 Å². The third-order valence-electron chi connectivity index (χ3n) is 3.28. The Labute approximate surface area is 91.1 Å². The topological polar surface area (TPSA) is 46.2 Å². The van der Waals surface area contributed by atoms with E-state index in [-0.39, 0.29) is 6.04 Å². The van der Waals surface area contributed by atoms with Gasteiger partial charge in [-0.25, -0.2) is 0 Å². The second kappa shape index (κ2) is 4.33. The van der Waals surface area contributed by atoms with Gasteiger partial charge < -0.3 is 10.8 Å². The van der Waals surface area contributed by atoms with Crippen molar-refractivity contribution in [3.63, 3.8) is 0 Å². The normalized spacial score (nSPS) is 19.4. The van der Waals surface area contributed by atoms with Crippen molar-refractivity contribution in [2.75, 3.05) is 0 Å². The van der Waals surface area contributed by atoms with Crippen LogP contribution in [-0.2, 0) is 12.8 Å². The van der Waals surface area contributed by atoms with Gasteiger partial charge in [0, 0.05) is 0 Å². The molecule has 1 aromatic rings. The lowest BCUT2D eigenvalue weighted by atomic mass is 9.88. The van der Waals surface area contributed by atoms with Gasteiger partial charge in [0.1, 0.15) is 0 Å². The van der Waals surface area contributed by atoms with E-state index in [1.54, 1.807) is 6.92 Å². The molecule has 2 rings (SSSR count). The minimum atomic E-state index is -0.480. The molecule has 0 heterocycles. The minimum Gasteiger partial charge on any atom is -0.391 e. The summed E-state index contributed by atoms with van der Waals surface area (Å²) >= 11 is 0. The minimum absolute atomic E-state index is 0.253. The summed E-state index contributed by atoms with van der Waals surface area (Å²) in [4.78, 5) is 0. The SMILES string of the molecule is CC(O)C(N)c1ccc2c(c1)CCCC2. The Morgan fingerprint density at radius 2 is 1.87 bits per heavy atom. The molecule has 2 heteroatoms. The maximum Gasteiger partial charge on any atom is 0.0704 e. The van der Waals surface area contributed by atoms with Crippen LogP contribution < -0.4 is 5.73 Å². The van der Waals surface area contributed by atoms with Crippen molar-refractivity contribution in [3.05, 3.63) is 34.9 Å². The molecule has 15 heavy (non-hydrogen) atoms. The maximum atomic E-state index is 9.45. The standard InChI is InChI=1S/C13H19NO/c1-9(15)13(14)12-7-6-10-4-2-3-5-11(10)8-12/h6-9,13,15H,2-5,14H2,1H3. The molecule has 0 bridgehead atoms. The number of benzene rings is 1. The van der Waals surface area contributed by atoms with E-state index >= 15 is 0 Å². The van der Waals surface area contributed by atoms with E-state index in [1.165, 1.54) is 30.4 Å². The zero-order valence-corrected chi connectivity index (χ0v) is 9.24. The van der Waals surface area contributed by atoms with Gasteiger partial charge in [0.25, 0.3) is 0 Å². The Morgan fingerprint density at radius 3 is 2.53 bits per heavy atom. The van der Waals surface area contributed by atoms with Gasteiger partial charge in [0.2, 0.25) is 0 Å². The fourth-order valence-corrected chi connectivity index (χ4v) is 2.24. The second-order valence-corrected chi connectivity index (χ2v) is 4.50. The Morgan fingerprint density at radius 1 is 1.20 bits per heavy atom. The largest absolute Gasteiger partial charge is 0.391 e. The van der Waals surface area contributed by atoms with E-state index in [0.29, 0.717) is 0 Å². The van der Waals surface area contributed by atoms with Gasteiger partial charge in [-0.2, -0.15) is 0 Å². The van der Waals surface area contributed by atoms with Gasteiger partial charge in [-0.1, -0.05) is 18.2 Å². The predicted molar refractivity (Wildman–Crippen MR) is 61.7 cm³/mol. The lowest BCUT2D eigenvalue weighted by molar-refractivity contribution is 0.164. The number of hydrogen-bond donors (Lipinski definition) is 2. The van der Waals surface area contributed by atoms with Gasteiger partial charge in [0.15, 0.2) is 0 Å². The van der Waals surface area contributed by atoms with Crippen LogP contribution >= 0.6 is 0 Å². The van der Waals surface area contributed by atoms with Crippen LogP contribution in [0.5, 0.6) is 0 Å². The first-order valence-electron chi connectivity index (χ1n) is 5.74. The van der Waals surface area contributed by atoms with Crippen LogP contribution in [0, 0.1) is 0 Å². The number of aliphatic hydroxyl groups excluding tert-OH is 1. The quantitative estimate of drug-likeness (QED) is 0.775. The highest BCUT2D eigenvalue weighted by molar-refractivity contribution is 5.35. The van der Waals surface area contributed by atoms with Gasteiger partial charge in [-0.05, 0) is 49.3 Å². The molecule has 0 spiro atoms. The fraction of sp³-hybridized carbons (Fsp3) is 0.538. The molecule has 0 saturated carbocycles. The van der Waals surface area contributed by atoms with E-state index in [1.807, 2.05) is 0 Å². The van der Waals surface area contributed by atoms with Crippen molar-refractivity contribution in [2.24, 2.45) is 5.73 Å². The molecule has 3 N–H and O–H groups in total. The number of nitrogens with two attached hydrogens (primary N) is 1. The Kier molecular flexibility index (Phi) is 3.08. The summed E-state index contributed by atoms with van der Waals surface area (Å²) in [5.41, 5.74) is 9.87. The molecule has 0 aliphatic heterocycles. The monoisotopic (exact) mass is 205 g/mol. The first-order valence-corrected chi connectivity index (χ1v) is 5.74. The average molecular weight is 205 g/mol. The van der Waals surface area contributed by atoms with Crippen molar-refractivity contribution in [3.8, 4) is 0 Å². The molecule has 2 nitrogen and oxygen atoms in total. The van der Waals surface area contributed by atoms with Gasteiger partial charge >= 0.3 is 0 Å². The summed E-state index contributed by atoms with van der Waals surface area (Å²) in [6, 6.07) is 6.15. The summed E-state index contributed by atoms with van der Waals surface area (Å²) in [6.07, 6.45) is 4.45. The molecule has 82 valence electrons. The zero-order valence-electron chi connectivity index (χ0n) is 9.24. The van der Waals surface area contributed by atoms with Gasteiger partial charge in [0.05, 0.1) is 12.1 Å². The Hall–Kier alpha value is -0.860. The first-order chi connectivity index (χ1) is 7.18. The van der Waals surface area contributed by atoms with Crippen molar-refractivity contribution in [2.45, 2.75) is 44.8 Å². The van der Waals surface area contributed by atoms with E-state index in [4.69, 9.17) is 5.73 Å². The summed E-state index contributed by atoms with van der Waals surface area (Å²) < 4.78 is 0. The van der Waals surface area contributed by atoms with E-state index in [0.717, 1.165) is 12.0 Å². The fourth-order valence-electron chi connectivity index (χ4n) is 2.24. The van der Waals surface area contributed by atoms with Gasteiger partial charge in [-0.3, -0.25) is 0 Å².